The average Bonchev–Trinajstić information content (AvgIpc) is 2.42. The summed E-state index contributed by atoms with van der Waals surface area (Å²) >= 11 is 0. The largest absolute Gasteiger partial charge is 0.494 e. The molecule has 106 valence electrons. The first kappa shape index (κ1) is 14.3. The van der Waals surface area contributed by atoms with Gasteiger partial charge in [0.15, 0.2) is 0 Å². The number of hydrogen-bond acceptors (Lipinski definition) is 4. The van der Waals surface area contributed by atoms with Crippen molar-refractivity contribution in [2.75, 3.05) is 31.3 Å². The van der Waals surface area contributed by atoms with E-state index >= 15 is 0 Å². The maximum absolute atomic E-state index is 12.4. The fourth-order valence-corrected chi connectivity index (χ4v) is 3.70. The summed E-state index contributed by atoms with van der Waals surface area (Å²) in [7, 11) is -1.07. The van der Waals surface area contributed by atoms with Crippen LogP contribution < -0.4 is 10.5 Å². The molecule has 0 amide bonds. The van der Waals surface area contributed by atoms with Crippen LogP contribution in [0.2, 0.25) is 0 Å². The number of ether oxygens (including phenoxy) is 2. The van der Waals surface area contributed by atoms with Gasteiger partial charge in [0.1, 0.15) is 5.75 Å². The lowest BCUT2D eigenvalue weighted by Crippen LogP contribution is -2.21. The summed E-state index contributed by atoms with van der Waals surface area (Å²) in [5.74, 6) is 1.85. The molecule has 1 aliphatic rings. The zero-order valence-corrected chi connectivity index (χ0v) is 12.1. The van der Waals surface area contributed by atoms with Crippen molar-refractivity contribution in [3.63, 3.8) is 0 Å². The molecule has 0 bridgehead atoms. The van der Waals surface area contributed by atoms with E-state index in [-0.39, 0.29) is 0 Å². The average molecular weight is 283 g/mol. The number of nitrogens with two attached hydrogens (primary N) is 1. The Balaban J connectivity index is 2.06. The third-order valence-corrected chi connectivity index (χ3v) is 4.89. The molecule has 0 aromatic heterocycles. The Morgan fingerprint density at radius 1 is 1.42 bits per heavy atom. The highest BCUT2D eigenvalue weighted by Gasteiger charge is 2.19. The van der Waals surface area contributed by atoms with Gasteiger partial charge in [-0.3, -0.25) is 4.21 Å². The van der Waals surface area contributed by atoms with Gasteiger partial charge in [0.25, 0.3) is 0 Å². The molecule has 19 heavy (non-hydrogen) atoms. The quantitative estimate of drug-likeness (QED) is 0.842. The van der Waals surface area contributed by atoms with E-state index in [2.05, 4.69) is 0 Å². The van der Waals surface area contributed by atoms with Crippen LogP contribution in [-0.2, 0) is 15.5 Å². The first-order valence-electron chi connectivity index (χ1n) is 6.69. The van der Waals surface area contributed by atoms with Gasteiger partial charge in [0.05, 0.1) is 22.3 Å². The van der Waals surface area contributed by atoms with E-state index in [0.717, 1.165) is 31.8 Å². The van der Waals surface area contributed by atoms with Gasteiger partial charge in [-0.1, -0.05) is 0 Å². The molecule has 1 heterocycles. The molecule has 2 rings (SSSR count). The Hall–Kier alpha value is -1.07. The zero-order chi connectivity index (χ0) is 13.7. The Kier molecular flexibility index (Phi) is 5.22. The number of rotatable bonds is 5. The normalized spacial score (nSPS) is 18.2. The number of benzene rings is 1. The van der Waals surface area contributed by atoms with E-state index in [4.69, 9.17) is 15.2 Å². The fraction of sp³-hybridized carbons (Fsp3) is 0.571. The Labute approximate surface area is 116 Å². The Morgan fingerprint density at radius 3 is 2.84 bits per heavy atom. The van der Waals surface area contributed by atoms with E-state index in [1.165, 1.54) is 0 Å². The molecular weight excluding hydrogens is 262 g/mol. The molecule has 4 nitrogen and oxygen atoms in total. The maximum atomic E-state index is 12.4. The van der Waals surface area contributed by atoms with Crippen molar-refractivity contribution >= 4 is 16.5 Å². The van der Waals surface area contributed by atoms with Gasteiger partial charge in [0.2, 0.25) is 0 Å². The van der Waals surface area contributed by atoms with Crippen LogP contribution >= 0.6 is 0 Å². The van der Waals surface area contributed by atoms with E-state index < -0.39 is 10.8 Å². The molecule has 0 saturated carbocycles. The molecule has 1 atom stereocenters. The van der Waals surface area contributed by atoms with Gasteiger partial charge in [0, 0.05) is 24.7 Å². The molecule has 1 unspecified atom stereocenters. The highest BCUT2D eigenvalue weighted by atomic mass is 32.2. The minimum absolute atomic E-state index is 0.463. The second-order valence-corrected chi connectivity index (χ2v) is 6.16. The lowest BCUT2D eigenvalue weighted by molar-refractivity contribution is 0.0725. The molecule has 5 heteroatoms. The Bertz CT molecular complexity index is 444. The van der Waals surface area contributed by atoms with Crippen LogP contribution in [0.5, 0.6) is 5.75 Å². The molecule has 0 aliphatic carbocycles. The van der Waals surface area contributed by atoms with Gasteiger partial charge in [-0.25, -0.2) is 0 Å². The van der Waals surface area contributed by atoms with Crippen LogP contribution in [0, 0.1) is 5.92 Å². The van der Waals surface area contributed by atoms with Gasteiger partial charge >= 0.3 is 0 Å². The summed E-state index contributed by atoms with van der Waals surface area (Å²) in [4.78, 5) is 0.692. The molecule has 0 radical (unpaired) electrons. The molecule has 1 aromatic rings. The summed E-state index contributed by atoms with van der Waals surface area (Å²) in [5.41, 5.74) is 6.50. The van der Waals surface area contributed by atoms with Gasteiger partial charge in [-0.05, 0) is 43.9 Å². The fourth-order valence-electron chi connectivity index (χ4n) is 2.19. The Morgan fingerprint density at radius 2 is 2.16 bits per heavy atom. The van der Waals surface area contributed by atoms with E-state index in [9.17, 15) is 4.21 Å². The maximum Gasteiger partial charge on any atom is 0.120 e. The molecule has 0 spiro atoms. The smallest absolute Gasteiger partial charge is 0.120 e. The second kappa shape index (κ2) is 6.91. The number of hydrogen-bond donors (Lipinski definition) is 1. The summed E-state index contributed by atoms with van der Waals surface area (Å²) < 4.78 is 23.2. The minimum atomic E-state index is -1.07. The van der Waals surface area contributed by atoms with E-state index in [1.54, 1.807) is 12.1 Å². The van der Waals surface area contributed by atoms with Crippen molar-refractivity contribution in [3.05, 3.63) is 18.2 Å². The van der Waals surface area contributed by atoms with Gasteiger partial charge in [-0.15, -0.1) is 0 Å². The van der Waals surface area contributed by atoms with Crippen molar-refractivity contribution in [1.29, 1.82) is 0 Å². The summed E-state index contributed by atoms with van der Waals surface area (Å²) in [6.07, 6.45) is 1.97. The SMILES string of the molecule is CCOc1ccc(N)c(S(=O)CC2CCOCC2)c1. The first-order chi connectivity index (χ1) is 9.20. The molecule has 1 aromatic carbocycles. The van der Waals surface area contributed by atoms with Crippen LogP contribution in [0.25, 0.3) is 0 Å². The minimum Gasteiger partial charge on any atom is -0.494 e. The highest BCUT2D eigenvalue weighted by molar-refractivity contribution is 7.85. The third kappa shape index (κ3) is 3.94. The van der Waals surface area contributed by atoms with E-state index in [0.29, 0.717) is 28.9 Å². The van der Waals surface area contributed by atoms with Crippen LogP contribution in [-0.4, -0.2) is 29.8 Å². The summed E-state index contributed by atoms with van der Waals surface area (Å²) in [5, 5.41) is 0. The first-order valence-corrected chi connectivity index (χ1v) is 8.01. The third-order valence-electron chi connectivity index (χ3n) is 3.27. The monoisotopic (exact) mass is 283 g/mol. The molecular formula is C14H21NO3S. The predicted molar refractivity (Wildman–Crippen MR) is 76.8 cm³/mol. The van der Waals surface area contributed by atoms with Gasteiger partial charge in [-0.2, -0.15) is 0 Å². The topological polar surface area (TPSA) is 61.5 Å². The van der Waals surface area contributed by atoms with Crippen molar-refractivity contribution in [3.8, 4) is 5.75 Å². The standard InChI is InChI=1S/C14H21NO3S/c1-2-18-12-3-4-13(15)14(9-12)19(16)10-11-5-7-17-8-6-11/h3-4,9,11H,2,5-8,10,15H2,1H3. The summed E-state index contributed by atoms with van der Waals surface area (Å²) in [6.45, 7) is 4.07. The van der Waals surface area contributed by atoms with Crippen molar-refractivity contribution in [2.24, 2.45) is 5.92 Å². The molecule has 1 aliphatic heterocycles. The van der Waals surface area contributed by atoms with Gasteiger partial charge < -0.3 is 15.2 Å². The summed E-state index contributed by atoms with van der Waals surface area (Å²) in [6, 6.07) is 5.38. The van der Waals surface area contributed by atoms with Crippen molar-refractivity contribution in [1.82, 2.24) is 0 Å². The predicted octanol–water partition coefficient (Wildman–Crippen LogP) is 2.20. The molecule has 2 N–H and O–H groups in total. The lowest BCUT2D eigenvalue weighted by Gasteiger charge is -2.21. The van der Waals surface area contributed by atoms with Crippen molar-refractivity contribution < 1.29 is 13.7 Å². The lowest BCUT2D eigenvalue weighted by atomic mass is 10.0. The van der Waals surface area contributed by atoms with Crippen molar-refractivity contribution in [2.45, 2.75) is 24.7 Å². The number of nitrogen functional groups attached to an aromatic ring is 1. The highest BCUT2D eigenvalue weighted by Crippen LogP contribution is 2.26. The van der Waals surface area contributed by atoms with E-state index in [1.807, 2.05) is 13.0 Å². The zero-order valence-electron chi connectivity index (χ0n) is 11.3. The van der Waals surface area contributed by atoms with Crippen LogP contribution in [0.1, 0.15) is 19.8 Å². The van der Waals surface area contributed by atoms with Crippen LogP contribution in [0.15, 0.2) is 23.1 Å². The number of anilines is 1. The second-order valence-electron chi connectivity index (χ2n) is 4.70. The van der Waals surface area contributed by atoms with Crippen LogP contribution in [0.3, 0.4) is 0 Å². The van der Waals surface area contributed by atoms with Crippen LogP contribution in [0.4, 0.5) is 5.69 Å². The molecule has 1 fully saturated rings. The molecule has 1 saturated heterocycles.